The van der Waals surface area contributed by atoms with Crippen molar-refractivity contribution in [3.05, 3.63) is 47.3 Å². The monoisotopic (exact) mass is 287 g/mol. The zero-order valence-electron chi connectivity index (χ0n) is 12.0. The minimum atomic E-state index is 1.04. The summed E-state index contributed by atoms with van der Waals surface area (Å²) in [5, 5.41) is 0. The predicted octanol–water partition coefficient (Wildman–Crippen LogP) is 3.57. The fraction of sp³-hybridized carbons (Fsp3) is 0.438. The molecular formula is C16H21N3S. The molecule has 2 aromatic heterocycles. The number of pyridine rings is 1. The summed E-state index contributed by atoms with van der Waals surface area (Å²) in [6.45, 7) is 4.48. The number of allylic oxidation sites excluding steroid dienone is 1. The molecule has 3 rings (SSSR count). The van der Waals surface area contributed by atoms with Crippen LogP contribution in [-0.2, 0) is 6.42 Å². The maximum absolute atomic E-state index is 4.34. The number of hydrogen-bond donors (Lipinski definition) is 0. The van der Waals surface area contributed by atoms with Crippen LogP contribution in [0.3, 0.4) is 0 Å². The van der Waals surface area contributed by atoms with Crippen LogP contribution in [0.5, 0.6) is 0 Å². The third-order valence-corrected chi connectivity index (χ3v) is 4.83. The highest BCUT2D eigenvalue weighted by Gasteiger charge is 2.16. The molecule has 0 N–H and O–H groups in total. The lowest BCUT2D eigenvalue weighted by atomic mass is 10.2. The van der Waals surface area contributed by atoms with E-state index >= 15 is 0 Å². The van der Waals surface area contributed by atoms with Crippen LogP contribution in [0.2, 0.25) is 0 Å². The molecule has 0 atom stereocenters. The smallest absolute Gasteiger partial charge is 0.136 e. The van der Waals surface area contributed by atoms with Gasteiger partial charge in [-0.25, -0.2) is 4.98 Å². The van der Waals surface area contributed by atoms with Gasteiger partial charge in [0.25, 0.3) is 0 Å². The van der Waals surface area contributed by atoms with Gasteiger partial charge in [-0.3, -0.25) is 4.90 Å². The summed E-state index contributed by atoms with van der Waals surface area (Å²) in [5.74, 6) is 1.13. The normalized spacial score (nSPS) is 18.4. The van der Waals surface area contributed by atoms with E-state index in [1.54, 1.807) is 4.91 Å². The van der Waals surface area contributed by atoms with Gasteiger partial charge in [0.1, 0.15) is 5.65 Å². The van der Waals surface area contributed by atoms with Crippen molar-refractivity contribution in [3.8, 4) is 0 Å². The molecule has 0 unspecified atom stereocenters. The Morgan fingerprint density at radius 3 is 3.25 bits per heavy atom. The van der Waals surface area contributed by atoms with Gasteiger partial charge in [0.05, 0.1) is 0 Å². The van der Waals surface area contributed by atoms with Gasteiger partial charge in [-0.15, -0.1) is 11.8 Å². The van der Waals surface area contributed by atoms with Crippen molar-refractivity contribution >= 4 is 17.4 Å². The molecule has 3 heterocycles. The molecular weight excluding hydrogens is 266 g/mol. The standard InChI is InChI=1S/C16H21N3S/c1-2-3-6-15-12-18(13-20-15)10-8-14-5-4-7-16-17-9-11-19(14)16/h4-7,9,11H,2-3,8,10,12-13H2,1H3. The molecule has 1 saturated heterocycles. The molecule has 1 aliphatic rings. The molecule has 3 nitrogen and oxygen atoms in total. The first-order valence-corrected chi connectivity index (χ1v) is 8.30. The topological polar surface area (TPSA) is 20.5 Å². The zero-order valence-corrected chi connectivity index (χ0v) is 12.8. The molecule has 0 bridgehead atoms. The molecule has 0 amide bonds. The van der Waals surface area contributed by atoms with E-state index < -0.39 is 0 Å². The summed E-state index contributed by atoms with van der Waals surface area (Å²) in [5.41, 5.74) is 2.39. The van der Waals surface area contributed by atoms with Crippen molar-refractivity contribution in [3.63, 3.8) is 0 Å². The Balaban J connectivity index is 1.59. The van der Waals surface area contributed by atoms with Gasteiger partial charge >= 0.3 is 0 Å². The maximum atomic E-state index is 4.34. The number of hydrogen-bond acceptors (Lipinski definition) is 3. The maximum Gasteiger partial charge on any atom is 0.136 e. The molecule has 0 radical (unpaired) electrons. The van der Waals surface area contributed by atoms with Crippen molar-refractivity contribution in [1.29, 1.82) is 0 Å². The second kappa shape index (κ2) is 6.46. The third-order valence-electron chi connectivity index (χ3n) is 3.67. The van der Waals surface area contributed by atoms with E-state index in [1.165, 1.54) is 18.5 Å². The number of unbranched alkanes of at least 4 members (excludes halogenated alkanes) is 1. The van der Waals surface area contributed by atoms with Crippen molar-refractivity contribution in [2.45, 2.75) is 26.2 Å². The Hall–Kier alpha value is -1.26. The summed E-state index contributed by atoms with van der Waals surface area (Å²) in [6.07, 6.45) is 9.86. The van der Waals surface area contributed by atoms with Crippen LogP contribution < -0.4 is 0 Å². The van der Waals surface area contributed by atoms with Crippen LogP contribution in [0.4, 0.5) is 0 Å². The van der Waals surface area contributed by atoms with E-state index in [4.69, 9.17) is 0 Å². The highest BCUT2D eigenvalue weighted by atomic mass is 32.2. The third kappa shape index (κ3) is 3.07. The van der Waals surface area contributed by atoms with Crippen molar-refractivity contribution in [2.24, 2.45) is 0 Å². The number of imidazole rings is 1. The highest BCUT2D eigenvalue weighted by molar-refractivity contribution is 8.03. The Kier molecular flexibility index (Phi) is 4.43. The second-order valence-electron chi connectivity index (χ2n) is 5.21. The van der Waals surface area contributed by atoms with E-state index in [0.29, 0.717) is 0 Å². The van der Waals surface area contributed by atoms with Gasteiger partial charge in [0, 0.05) is 43.5 Å². The minimum Gasteiger partial charge on any atom is -0.304 e. The summed E-state index contributed by atoms with van der Waals surface area (Å²) >= 11 is 2.00. The second-order valence-corrected chi connectivity index (χ2v) is 6.28. The first-order valence-electron chi connectivity index (χ1n) is 7.32. The van der Waals surface area contributed by atoms with Crippen molar-refractivity contribution in [1.82, 2.24) is 14.3 Å². The molecule has 1 fully saturated rings. The average molecular weight is 287 g/mol. The lowest BCUT2D eigenvalue weighted by Gasteiger charge is -2.14. The minimum absolute atomic E-state index is 1.04. The van der Waals surface area contributed by atoms with E-state index in [-0.39, 0.29) is 0 Å². The lowest BCUT2D eigenvalue weighted by Crippen LogP contribution is -2.22. The number of rotatable bonds is 5. The summed E-state index contributed by atoms with van der Waals surface area (Å²) in [6, 6.07) is 6.36. The molecule has 1 aliphatic heterocycles. The fourth-order valence-electron chi connectivity index (χ4n) is 2.54. The Labute approximate surface area is 124 Å². The van der Waals surface area contributed by atoms with Crippen LogP contribution >= 0.6 is 11.8 Å². The van der Waals surface area contributed by atoms with Crippen LogP contribution in [0.1, 0.15) is 25.5 Å². The molecule has 106 valence electrons. The molecule has 0 saturated carbocycles. The number of fused-ring (bicyclic) bond motifs is 1. The average Bonchev–Trinajstić information content (AvgIpc) is 3.11. The van der Waals surface area contributed by atoms with Gasteiger partial charge in [-0.2, -0.15) is 0 Å². The summed E-state index contributed by atoms with van der Waals surface area (Å²) in [7, 11) is 0. The van der Waals surface area contributed by atoms with Crippen LogP contribution in [0.25, 0.3) is 5.65 Å². The van der Waals surface area contributed by atoms with E-state index in [1.807, 2.05) is 18.0 Å². The Bertz CT molecular complexity index is 603. The van der Waals surface area contributed by atoms with Crippen molar-refractivity contribution < 1.29 is 0 Å². The molecule has 4 heteroatoms. The van der Waals surface area contributed by atoms with E-state index in [2.05, 4.69) is 51.7 Å². The van der Waals surface area contributed by atoms with Crippen LogP contribution in [0, 0.1) is 0 Å². The molecule has 2 aromatic rings. The van der Waals surface area contributed by atoms with E-state index in [0.717, 1.165) is 31.0 Å². The molecule has 0 aliphatic carbocycles. The van der Waals surface area contributed by atoms with Gasteiger partial charge in [0.2, 0.25) is 0 Å². The fourth-order valence-corrected chi connectivity index (χ4v) is 3.62. The first-order chi connectivity index (χ1) is 9.86. The van der Waals surface area contributed by atoms with Gasteiger partial charge in [-0.1, -0.05) is 25.5 Å². The largest absolute Gasteiger partial charge is 0.304 e. The SMILES string of the molecule is CCCC=C1CN(CCc2cccc3nccn23)CS1. The van der Waals surface area contributed by atoms with Crippen molar-refractivity contribution in [2.75, 3.05) is 19.0 Å². The van der Waals surface area contributed by atoms with E-state index in [9.17, 15) is 0 Å². The van der Waals surface area contributed by atoms with Gasteiger partial charge in [0.15, 0.2) is 0 Å². The Morgan fingerprint density at radius 2 is 2.35 bits per heavy atom. The molecule has 0 aromatic carbocycles. The number of thioether (sulfide) groups is 1. The molecule has 0 spiro atoms. The lowest BCUT2D eigenvalue weighted by molar-refractivity contribution is 0.367. The van der Waals surface area contributed by atoms with Crippen LogP contribution in [0.15, 0.2) is 41.6 Å². The summed E-state index contributed by atoms with van der Waals surface area (Å²) in [4.78, 5) is 8.42. The summed E-state index contributed by atoms with van der Waals surface area (Å²) < 4.78 is 2.19. The van der Waals surface area contributed by atoms with Gasteiger partial charge < -0.3 is 4.40 Å². The zero-order chi connectivity index (χ0) is 13.8. The quantitative estimate of drug-likeness (QED) is 0.838. The van der Waals surface area contributed by atoms with Crippen LogP contribution in [-0.4, -0.2) is 33.3 Å². The number of aromatic nitrogens is 2. The van der Waals surface area contributed by atoms with Gasteiger partial charge in [-0.05, 0) is 23.5 Å². The first kappa shape index (κ1) is 13.7. The molecule has 20 heavy (non-hydrogen) atoms. The Morgan fingerprint density at radius 1 is 1.40 bits per heavy atom. The highest BCUT2D eigenvalue weighted by Crippen LogP contribution is 2.26. The predicted molar refractivity (Wildman–Crippen MR) is 85.9 cm³/mol. The number of nitrogens with zero attached hydrogens (tertiary/aromatic N) is 3.